The van der Waals surface area contributed by atoms with Crippen LogP contribution >= 0.6 is 0 Å². The maximum absolute atomic E-state index is 14.1. The van der Waals surface area contributed by atoms with E-state index in [-0.39, 0.29) is 36.3 Å². The molecule has 1 aromatic heterocycles. The Labute approximate surface area is 139 Å². The van der Waals surface area contributed by atoms with E-state index in [1.54, 1.807) is 4.90 Å². The number of hydrogen-bond donors (Lipinski definition) is 1. The fraction of sp³-hybridized carbons (Fsp3) is 0.312. The smallest absolute Gasteiger partial charge is 0.435 e. The van der Waals surface area contributed by atoms with Gasteiger partial charge >= 0.3 is 12.1 Å². The number of carboxylic acid groups (broad SMARTS) is 1. The molecule has 0 unspecified atom stereocenters. The number of halogens is 4. The van der Waals surface area contributed by atoms with Crippen molar-refractivity contribution in [2.45, 2.75) is 25.7 Å². The van der Waals surface area contributed by atoms with Gasteiger partial charge in [0.05, 0.1) is 11.3 Å². The molecule has 1 aromatic carbocycles. The SMILES string of the molecule is O=C(O)c1ccc(F)c2c1CCN(Cc1nccnc1C(F)(F)F)C2. The fourth-order valence-electron chi connectivity index (χ4n) is 2.96. The average Bonchev–Trinajstić information content (AvgIpc) is 2.55. The topological polar surface area (TPSA) is 66.3 Å². The first-order valence-corrected chi connectivity index (χ1v) is 7.40. The second-order valence-electron chi connectivity index (χ2n) is 5.67. The van der Waals surface area contributed by atoms with E-state index in [9.17, 15) is 27.5 Å². The molecule has 1 N–H and O–H groups in total. The van der Waals surface area contributed by atoms with Crippen molar-refractivity contribution in [1.82, 2.24) is 14.9 Å². The van der Waals surface area contributed by atoms with Crippen LogP contribution in [0.15, 0.2) is 24.5 Å². The van der Waals surface area contributed by atoms with Gasteiger partial charge in [0.15, 0.2) is 5.69 Å². The number of rotatable bonds is 3. The maximum atomic E-state index is 14.1. The van der Waals surface area contributed by atoms with E-state index in [4.69, 9.17) is 0 Å². The molecule has 3 rings (SSSR count). The van der Waals surface area contributed by atoms with E-state index in [1.807, 2.05) is 0 Å². The van der Waals surface area contributed by atoms with Crippen LogP contribution in [-0.2, 0) is 25.7 Å². The molecule has 1 aliphatic heterocycles. The summed E-state index contributed by atoms with van der Waals surface area (Å²) in [5.74, 6) is -1.72. The van der Waals surface area contributed by atoms with E-state index in [2.05, 4.69) is 9.97 Å². The molecule has 0 radical (unpaired) electrons. The van der Waals surface area contributed by atoms with Crippen LogP contribution in [0, 0.1) is 5.82 Å². The molecule has 0 atom stereocenters. The predicted molar refractivity (Wildman–Crippen MR) is 78.2 cm³/mol. The Balaban J connectivity index is 1.88. The zero-order valence-electron chi connectivity index (χ0n) is 12.8. The molecule has 0 bridgehead atoms. The predicted octanol–water partition coefficient (Wildman–Crippen LogP) is 2.89. The highest BCUT2D eigenvalue weighted by Crippen LogP contribution is 2.31. The zero-order valence-corrected chi connectivity index (χ0v) is 12.8. The average molecular weight is 355 g/mol. The number of benzene rings is 1. The summed E-state index contributed by atoms with van der Waals surface area (Å²) in [6, 6.07) is 2.27. The Morgan fingerprint density at radius 2 is 1.92 bits per heavy atom. The van der Waals surface area contributed by atoms with Crippen molar-refractivity contribution in [1.29, 1.82) is 0 Å². The second kappa shape index (κ2) is 6.40. The molecule has 1 aliphatic rings. The van der Waals surface area contributed by atoms with Gasteiger partial charge < -0.3 is 5.11 Å². The summed E-state index contributed by atoms with van der Waals surface area (Å²) < 4.78 is 53.1. The van der Waals surface area contributed by atoms with Crippen LogP contribution in [0.25, 0.3) is 0 Å². The highest BCUT2D eigenvalue weighted by atomic mass is 19.4. The summed E-state index contributed by atoms with van der Waals surface area (Å²) in [6.45, 7) is 0.152. The minimum absolute atomic E-state index is 0.0101. The maximum Gasteiger partial charge on any atom is 0.435 e. The van der Waals surface area contributed by atoms with E-state index in [1.165, 1.54) is 12.3 Å². The molecule has 0 saturated heterocycles. The summed E-state index contributed by atoms with van der Waals surface area (Å²) >= 11 is 0. The van der Waals surface area contributed by atoms with Crippen molar-refractivity contribution in [2.24, 2.45) is 0 Å². The van der Waals surface area contributed by atoms with Gasteiger partial charge in [-0.15, -0.1) is 0 Å². The van der Waals surface area contributed by atoms with Crippen molar-refractivity contribution in [3.8, 4) is 0 Å². The molecule has 0 amide bonds. The Bertz CT molecular complexity index is 824. The van der Waals surface area contributed by atoms with Crippen LogP contribution in [0.4, 0.5) is 17.6 Å². The van der Waals surface area contributed by atoms with Crippen molar-refractivity contribution < 1.29 is 27.5 Å². The Morgan fingerprint density at radius 1 is 1.20 bits per heavy atom. The molecule has 0 fully saturated rings. The van der Waals surface area contributed by atoms with Gasteiger partial charge in [0.2, 0.25) is 0 Å². The first-order chi connectivity index (χ1) is 11.8. The van der Waals surface area contributed by atoms with E-state index in [0.717, 1.165) is 12.3 Å². The molecular formula is C16H13F4N3O2. The first-order valence-electron chi connectivity index (χ1n) is 7.40. The second-order valence-corrected chi connectivity index (χ2v) is 5.67. The number of fused-ring (bicyclic) bond motifs is 1. The highest BCUT2D eigenvalue weighted by Gasteiger charge is 2.36. The van der Waals surface area contributed by atoms with Crippen molar-refractivity contribution in [3.63, 3.8) is 0 Å². The Morgan fingerprint density at radius 3 is 2.60 bits per heavy atom. The molecule has 0 spiro atoms. The van der Waals surface area contributed by atoms with E-state index >= 15 is 0 Å². The summed E-state index contributed by atoms with van der Waals surface area (Å²) in [5.41, 5.74) is -0.706. The lowest BCUT2D eigenvalue weighted by atomic mass is 9.94. The molecule has 2 aromatic rings. The van der Waals surface area contributed by atoms with Crippen molar-refractivity contribution >= 4 is 5.97 Å². The van der Waals surface area contributed by atoms with Crippen LogP contribution in [0.1, 0.15) is 32.9 Å². The fourth-order valence-corrected chi connectivity index (χ4v) is 2.96. The molecular weight excluding hydrogens is 342 g/mol. The van der Waals surface area contributed by atoms with Crippen molar-refractivity contribution in [3.05, 3.63) is 58.4 Å². The lowest BCUT2D eigenvalue weighted by Gasteiger charge is -2.30. The van der Waals surface area contributed by atoms with Gasteiger partial charge in [-0.1, -0.05) is 0 Å². The molecule has 25 heavy (non-hydrogen) atoms. The summed E-state index contributed by atoms with van der Waals surface area (Å²) in [7, 11) is 0. The number of carboxylic acids is 1. The summed E-state index contributed by atoms with van der Waals surface area (Å²) in [4.78, 5) is 19.9. The number of alkyl halides is 3. The lowest BCUT2D eigenvalue weighted by molar-refractivity contribution is -0.142. The quantitative estimate of drug-likeness (QED) is 0.858. The molecule has 2 heterocycles. The Hall–Kier alpha value is -2.55. The third-order valence-corrected chi connectivity index (χ3v) is 4.08. The molecule has 0 saturated carbocycles. The molecule has 9 heteroatoms. The monoisotopic (exact) mass is 355 g/mol. The van der Waals surface area contributed by atoms with Gasteiger partial charge in [-0.05, 0) is 24.1 Å². The lowest BCUT2D eigenvalue weighted by Crippen LogP contribution is -2.33. The van der Waals surface area contributed by atoms with Crippen LogP contribution in [0.2, 0.25) is 0 Å². The minimum Gasteiger partial charge on any atom is -0.478 e. The third kappa shape index (κ3) is 3.46. The standard InChI is InChI=1S/C16H13F4N3O2/c17-12-2-1-10(15(24)25)9-3-6-23(7-11(9)12)8-13-14(16(18,19)20)22-5-4-21-13/h1-2,4-5H,3,6-8H2,(H,24,25). The first kappa shape index (κ1) is 17.3. The molecule has 5 nitrogen and oxygen atoms in total. The van der Waals surface area contributed by atoms with Gasteiger partial charge in [-0.2, -0.15) is 13.2 Å². The van der Waals surface area contributed by atoms with Crippen LogP contribution in [0.5, 0.6) is 0 Å². The Kier molecular flexibility index (Phi) is 4.42. The third-order valence-electron chi connectivity index (χ3n) is 4.08. The van der Waals surface area contributed by atoms with Crippen LogP contribution in [-0.4, -0.2) is 32.5 Å². The van der Waals surface area contributed by atoms with Gasteiger partial charge in [0, 0.05) is 37.6 Å². The number of aromatic nitrogens is 2. The molecule has 132 valence electrons. The normalized spacial score (nSPS) is 15.0. The summed E-state index contributed by atoms with van der Waals surface area (Å²) in [5, 5.41) is 9.18. The minimum atomic E-state index is -4.63. The van der Waals surface area contributed by atoms with Gasteiger partial charge in [-0.25, -0.2) is 14.2 Å². The molecule has 0 aliphatic carbocycles. The van der Waals surface area contributed by atoms with Crippen molar-refractivity contribution in [2.75, 3.05) is 6.54 Å². The highest BCUT2D eigenvalue weighted by molar-refractivity contribution is 5.90. The number of carbonyl (C=O) groups is 1. The van der Waals surface area contributed by atoms with Crippen LogP contribution < -0.4 is 0 Å². The van der Waals surface area contributed by atoms with E-state index < -0.39 is 23.7 Å². The van der Waals surface area contributed by atoms with Gasteiger partial charge in [0.1, 0.15) is 5.82 Å². The van der Waals surface area contributed by atoms with E-state index in [0.29, 0.717) is 12.1 Å². The zero-order chi connectivity index (χ0) is 18.2. The number of hydrogen-bond acceptors (Lipinski definition) is 4. The number of aromatic carboxylic acids is 1. The summed E-state index contributed by atoms with van der Waals surface area (Å²) in [6.07, 6.45) is -2.25. The van der Waals surface area contributed by atoms with Crippen LogP contribution in [0.3, 0.4) is 0 Å². The van der Waals surface area contributed by atoms with Gasteiger partial charge in [-0.3, -0.25) is 9.88 Å². The number of nitrogens with zero attached hydrogens (tertiary/aromatic N) is 3. The largest absolute Gasteiger partial charge is 0.478 e. The van der Waals surface area contributed by atoms with Gasteiger partial charge in [0.25, 0.3) is 0 Å².